The van der Waals surface area contributed by atoms with Crippen molar-refractivity contribution in [3.63, 3.8) is 0 Å². The van der Waals surface area contributed by atoms with Gasteiger partial charge in [-0.15, -0.1) is 6.58 Å². The summed E-state index contributed by atoms with van der Waals surface area (Å²) in [6, 6.07) is 8.36. The highest BCUT2D eigenvalue weighted by Gasteiger charge is 2.36. The SMILES string of the molecule is C=CCc1cc(/C=C2/SC(=O)N(CC(=O)Nc3ccc(OC)c(Cl)c3)C2=O)cc(OCC)c1OCC. The number of thioether (sulfide) groups is 1. The van der Waals surface area contributed by atoms with E-state index >= 15 is 0 Å². The first kappa shape index (κ1) is 27.2. The minimum Gasteiger partial charge on any atom is -0.495 e. The molecule has 0 bridgehead atoms. The van der Waals surface area contributed by atoms with Crippen LogP contribution in [0.3, 0.4) is 0 Å². The Labute approximate surface area is 219 Å². The topological polar surface area (TPSA) is 94.2 Å². The Morgan fingerprint density at radius 2 is 1.89 bits per heavy atom. The maximum atomic E-state index is 13.0. The van der Waals surface area contributed by atoms with Gasteiger partial charge in [0.1, 0.15) is 12.3 Å². The maximum Gasteiger partial charge on any atom is 0.294 e. The number of anilines is 1. The number of benzene rings is 2. The molecule has 0 atom stereocenters. The summed E-state index contributed by atoms with van der Waals surface area (Å²) in [7, 11) is 1.48. The molecule has 1 aliphatic heterocycles. The van der Waals surface area contributed by atoms with Gasteiger partial charge in [-0.05, 0) is 74.0 Å². The number of imide groups is 1. The van der Waals surface area contributed by atoms with Crippen molar-refractivity contribution in [3.8, 4) is 17.2 Å². The Morgan fingerprint density at radius 1 is 1.14 bits per heavy atom. The molecule has 0 unspecified atom stereocenters. The monoisotopic (exact) mass is 530 g/mol. The third-order valence-corrected chi connectivity index (χ3v) is 6.22. The summed E-state index contributed by atoms with van der Waals surface area (Å²) in [5.41, 5.74) is 1.93. The van der Waals surface area contributed by atoms with Crippen molar-refractivity contribution in [2.75, 3.05) is 32.2 Å². The van der Waals surface area contributed by atoms with Gasteiger partial charge in [0.2, 0.25) is 5.91 Å². The predicted octanol–water partition coefficient (Wildman–Crippen LogP) is 5.55. The van der Waals surface area contributed by atoms with Crippen molar-refractivity contribution in [1.82, 2.24) is 4.90 Å². The molecule has 36 heavy (non-hydrogen) atoms. The number of carbonyl (C=O) groups excluding carboxylic acids is 3. The highest BCUT2D eigenvalue weighted by molar-refractivity contribution is 8.18. The quantitative estimate of drug-likeness (QED) is 0.300. The highest BCUT2D eigenvalue weighted by Crippen LogP contribution is 2.37. The average Bonchev–Trinajstić information content (AvgIpc) is 3.09. The molecular weight excluding hydrogens is 504 g/mol. The van der Waals surface area contributed by atoms with Gasteiger partial charge >= 0.3 is 0 Å². The lowest BCUT2D eigenvalue weighted by atomic mass is 10.0. The van der Waals surface area contributed by atoms with E-state index in [9.17, 15) is 14.4 Å². The smallest absolute Gasteiger partial charge is 0.294 e. The van der Waals surface area contributed by atoms with E-state index in [2.05, 4.69) is 11.9 Å². The largest absolute Gasteiger partial charge is 0.495 e. The van der Waals surface area contributed by atoms with E-state index in [0.717, 1.165) is 22.2 Å². The van der Waals surface area contributed by atoms with Crippen LogP contribution in [-0.4, -0.2) is 48.8 Å². The standard InChI is InChI=1S/C26H27ClN2O6S/c1-5-8-17-11-16(12-21(34-6-2)24(17)35-7-3)13-22-25(31)29(26(32)36-22)15-23(30)28-18-9-10-20(33-4)19(27)14-18/h5,9-14H,1,6-8,15H2,2-4H3,(H,28,30)/b22-13+. The molecule has 10 heteroatoms. The third kappa shape index (κ3) is 6.41. The van der Waals surface area contributed by atoms with E-state index in [-0.39, 0.29) is 4.91 Å². The first-order chi connectivity index (χ1) is 17.3. The van der Waals surface area contributed by atoms with E-state index < -0.39 is 23.6 Å². The zero-order valence-corrected chi connectivity index (χ0v) is 21.8. The van der Waals surface area contributed by atoms with E-state index in [4.69, 9.17) is 25.8 Å². The zero-order valence-electron chi connectivity index (χ0n) is 20.3. The molecular formula is C26H27ClN2O6S. The molecule has 0 radical (unpaired) electrons. The van der Waals surface area contributed by atoms with Crippen molar-refractivity contribution in [1.29, 1.82) is 0 Å². The number of ether oxygens (including phenoxy) is 3. The fourth-order valence-electron chi connectivity index (χ4n) is 3.52. The molecule has 2 aromatic rings. The van der Waals surface area contributed by atoms with Gasteiger partial charge in [-0.25, -0.2) is 0 Å². The Hall–Kier alpha value is -3.43. The lowest BCUT2D eigenvalue weighted by molar-refractivity contribution is -0.127. The molecule has 190 valence electrons. The van der Waals surface area contributed by atoms with Gasteiger partial charge in [0.25, 0.3) is 11.1 Å². The van der Waals surface area contributed by atoms with Crippen LogP contribution in [0.2, 0.25) is 5.02 Å². The lowest BCUT2D eigenvalue weighted by Gasteiger charge is -2.16. The van der Waals surface area contributed by atoms with Crippen LogP contribution >= 0.6 is 23.4 Å². The second-order valence-corrected chi connectivity index (χ2v) is 8.93. The van der Waals surface area contributed by atoms with Crippen LogP contribution in [0.5, 0.6) is 17.2 Å². The minimum atomic E-state index is -0.551. The van der Waals surface area contributed by atoms with Gasteiger partial charge in [0.15, 0.2) is 11.5 Å². The van der Waals surface area contributed by atoms with Crippen LogP contribution in [0, 0.1) is 0 Å². The van der Waals surface area contributed by atoms with Crippen LogP contribution in [0.25, 0.3) is 6.08 Å². The summed E-state index contributed by atoms with van der Waals surface area (Å²) in [6.45, 7) is 8.02. The Bertz CT molecular complexity index is 1210. The highest BCUT2D eigenvalue weighted by atomic mass is 35.5. The number of hydrogen-bond donors (Lipinski definition) is 1. The van der Waals surface area contributed by atoms with Crippen molar-refractivity contribution in [3.05, 3.63) is 64.0 Å². The second-order valence-electron chi connectivity index (χ2n) is 7.53. The van der Waals surface area contributed by atoms with Gasteiger partial charge in [-0.3, -0.25) is 19.3 Å². The van der Waals surface area contributed by atoms with Gasteiger partial charge < -0.3 is 19.5 Å². The van der Waals surface area contributed by atoms with Gasteiger partial charge in [-0.2, -0.15) is 0 Å². The van der Waals surface area contributed by atoms with E-state index in [1.54, 1.807) is 30.4 Å². The Kier molecular flexibility index (Phi) is 9.44. The zero-order chi connectivity index (χ0) is 26.2. The van der Waals surface area contributed by atoms with Crippen molar-refractivity contribution in [2.45, 2.75) is 20.3 Å². The predicted molar refractivity (Wildman–Crippen MR) is 142 cm³/mol. The van der Waals surface area contributed by atoms with E-state index in [1.807, 2.05) is 19.9 Å². The molecule has 3 amide bonds. The van der Waals surface area contributed by atoms with Crippen molar-refractivity contribution < 1.29 is 28.6 Å². The second kappa shape index (κ2) is 12.5. The number of amides is 3. The molecule has 2 aromatic carbocycles. The van der Waals surface area contributed by atoms with Gasteiger partial charge in [-0.1, -0.05) is 17.7 Å². The summed E-state index contributed by atoms with van der Waals surface area (Å²) in [4.78, 5) is 39.1. The molecule has 0 spiro atoms. The molecule has 1 N–H and O–H groups in total. The van der Waals surface area contributed by atoms with Crippen LogP contribution < -0.4 is 19.5 Å². The third-order valence-electron chi connectivity index (χ3n) is 5.02. The molecule has 1 aliphatic rings. The van der Waals surface area contributed by atoms with Crippen LogP contribution in [0.4, 0.5) is 10.5 Å². The summed E-state index contributed by atoms with van der Waals surface area (Å²) in [5.74, 6) is 0.545. The number of nitrogens with zero attached hydrogens (tertiary/aromatic N) is 1. The Balaban J connectivity index is 1.80. The molecule has 0 aliphatic carbocycles. The fourth-order valence-corrected chi connectivity index (χ4v) is 4.62. The average molecular weight is 531 g/mol. The number of methoxy groups -OCH3 is 1. The number of carbonyl (C=O) groups is 3. The maximum absolute atomic E-state index is 13.0. The molecule has 0 saturated carbocycles. The molecule has 1 fully saturated rings. The first-order valence-corrected chi connectivity index (χ1v) is 12.4. The molecule has 3 rings (SSSR count). The van der Waals surface area contributed by atoms with Gasteiger partial charge in [0, 0.05) is 11.3 Å². The van der Waals surface area contributed by atoms with E-state index in [0.29, 0.717) is 53.2 Å². The molecule has 0 aromatic heterocycles. The fraction of sp³-hybridized carbons (Fsp3) is 0.269. The van der Waals surface area contributed by atoms with Crippen LogP contribution in [-0.2, 0) is 16.0 Å². The van der Waals surface area contributed by atoms with Crippen molar-refractivity contribution in [2.24, 2.45) is 0 Å². The number of hydrogen-bond acceptors (Lipinski definition) is 7. The molecule has 1 saturated heterocycles. The molecule has 1 heterocycles. The van der Waals surface area contributed by atoms with Crippen LogP contribution in [0.1, 0.15) is 25.0 Å². The summed E-state index contributed by atoms with van der Waals surface area (Å²) in [6.07, 6.45) is 3.89. The normalized spacial score (nSPS) is 14.2. The van der Waals surface area contributed by atoms with Crippen molar-refractivity contribution >= 4 is 52.2 Å². The first-order valence-electron chi connectivity index (χ1n) is 11.2. The number of rotatable bonds is 11. The number of halogens is 1. The Morgan fingerprint density at radius 3 is 2.53 bits per heavy atom. The summed E-state index contributed by atoms with van der Waals surface area (Å²) >= 11 is 6.86. The van der Waals surface area contributed by atoms with Crippen LogP contribution in [0.15, 0.2) is 47.9 Å². The number of nitrogens with one attached hydrogen (secondary N) is 1. The lowest BCUT2D eigenvalue weighted by Crippen LogP contribution is -2.36. The molecule has 8 nitrogen and oxygen atoms in total. The summed E-state index contributed by atoms with van der Waals surface area (Å²) in [5, 5.41) is 2.42. The van der Waals surface area contributed by atoms with Gasteiger partial charge in [0.05, 0.1) is 30.3 Å². The minimum absolute atomic E-state index is 0.205. The number of allylic oxidation sites excluding steroid dienone is 1. The summed E-state index contributed by atoms with van der Waals surface area (Å²) < 4.78 is 16.6. The van der Waals surface area contributed by atoms with E-state index in [1.165, 1.54) is 13.2 Å².